The molecule has 0 amide bonds. The third-order valence-corrected chi connectivity index (χ3v) is 5.63. The minimum absolute atomic E-state index is 0.124. The van der Waals surface area contributed by atoms with E-state index in [2.05, 4.69) is 31.1 Å². The Kier molecular flexibility index (Phi) is 4.75. The van der Waals surface area contributed by atoms with Crippen LogP contribution in [0.1, 0.15) is 37.0 Å². The van der Waals surface area contributed by atoms with Crippen molar-refractivity contribution < 1.29 is 14.6 Å². The lowest BCUT2D eigenvalue weighted by molar-refractivity contribution is 0.154. The number of ether oxygens (including phenoxy) is 2. The van der Waals surface area contributed by atoms with Crippen molar-refractivity contribution in [3.8, 4) is 22.8 Å². The van der Waals surface area contributed by atoms with Crippen LogP contribution in [0.15, 0.2) is 65.7 Å². The number of rotatable bonds is 5. The molecule has 1 atom stereocenters. The van der Waals surface area contributed by atoms with E-state index >= 15 is 0 Å². The Morgan fingerprint density at radius 1 is 1.00 bits per heavy atom. The summed E-state index contributed by atoms with van der Waals surface area (Å²) < 4.78 is 13.8. The first kappa shape index (κ1) is 19.4. The Labute approximate surface area is 179 Å². The molecule has 1 N–H and O–H groups in total. The van der Waals surface area contributed by atoms with Crippen LogP contribution in [0.3, 0.4) is 0 Å². The average molecular weight is 417 g/mol. The summed E-state index contributed by atoms with van der Waals surface area (Å²) in [5, 5.41) is 15.2. The average Bonchev–Trinajstić information content (AvgIpc) is 3.42. The standard InChI is InChI=1S/C24H23N3O4/c1-15(2)16-3-5-17(6-4-16)19-12-20-24(29)26(9-10-27(20)25-19)13-21(28)18-7-8-22-23(11-18)31-14-30-22/h3-12,15,21,28H,13-14H2,1-2H3. The molecular formula is C24H23N3O4. The molecule has 0 radical (unpaired) electrons. The van der Waals surface area contributed by atoms with E-state index in [1.165, 1.54) is 10.1 Å². The monoisotopic (exact) mass is 417 g/mol. The van der Waals surface area contributed by atoms with Crippen LogP contribution in [0.25, 0.3) is 16.8 Å². The van der Waals surface area contributed by atoms with Gasteiger partial charge in [0.1, 0.15) is 5.52 Å². The van der Waals surface area contributed by atoms with E-state index < -0.39 is 6.10 Å². The second-order valence-electron chi connectivity index (χ2n) is 8.02. The van der Waals surface area contributed by atoms with E-state index in [0.29, 0.717) is 28.5 Å². The lowest BCUT2D eigenvalue weighted by atomic mass is 10.0. The molecule has 7 nitrogen and oxygen atoms in total. The lowest BCUT2D eigenvalue weighted by Gasteiger charge is -2.13. The number of aromatic nitrogens is 3. The molecule has 0 fully saturated rings. The van der Waals surface area contributed by atoms with Crippen molar-refractivity contribution >= 4 is 5.52 Å². The van der Waals surface area contributed by atoms with Crippen molar-refractivity contribution in [3.63, 3.8) is 0 Å². The van der Waals surface area contributed by atoms with Gasteiger partial charge in [0.2, 0.25) is 6.79 Å². The van der Waals surface area contributed by atoms with Crippen LogP contribution in [0.2, 0.25) is 0 Å². The van der Waals surface area contributed by atoms with Gasteiger partial charge < -0.3 is 19.1 Å². The number of fused-ring (bicyclic) bond motifs is 2. The maximum atomic E-state index is 13.0. The molecule has 0 saturated heterocycles. The quantitative estimate of drug-likeness (QED) is 0.535. The minimum Gasteiger partial charge on any atom is -0.454 e. The Balaban J connectivity index is 1.42. The minimum atomic E-state index is -0.861. The van der Waals surface area contributed by atoms with Crippen molar-refractivity contribution in [2.24, 2.45) is 0 Å². The molecule has 0 saturated carbocycles. The molecule has 1 unspecified atom stereocenters. The van der Waals surface area contributed by atoms with Crippen LogP contribution in [0, 0.1) is 0 Å². The summed E-state index contributed by atoms with van der Waals surface area (Å²) in [4.78, 5) is 13.0. The Morgan fingerprint density at radius 3 is 2.52 bits per heavy atom. The molecule has 1 aliphatic rings. The highest BCUT2D eigenvalue weighted by Crippen LogP contribution is 2.34. The third-order valence-electron chi connectivity index (χ3n) is 5.63. The number of nitrogens with zero attached hydrogens (tertiary/aromatic N) is 3. The number of aliphatic hydroxyl groups excluding tert-OH is 1. The van der Waals surface area contributed by atoms with Gasteiger partial charge in [-0.15, -0.1) is 0 Å². The first-order valence-corrected chi connectivity index (χ1v) is 10.3. The van der Waals surface area contributed by atoms with E-state index in [9.17, 15) is 9.90 Å². The molecule has 5 rings (SSSR count). The number of benzene rings is 2. The van der Waals surface area contributed by atoms with Gasteiger partial charge in [-0.05, 0) is 35.2 Å². The zero-order valence-electron chi connectivity index (χ0n) is 17.4. The zero-order valence-corrected chi connectivity index (χ0v) is 17.4. The zero-order chi connectivity index (χ0) is 21.5. The number of hydrogen-bond donors (Lipinski definition) is 1. The third kappa shape index (κ3) is 3.57. The van der Waals surface area contributed by atoms with Crippen molar-refractivity contribution in [1.82, 2.24) is 14.2 Å². The summed E-state index contributed by atoms with van der Waals surface area (Å²) >= 11 is 0. The van der Waals surface area contributed by atoms with Crippen LogP contribution >= 0.6 is 0 Å². The highest BCUT2D eigenvalue weighted by Gasteiger charge is 2.18. The topological polar surface area (TPSA) is 78.0 Å². The fourth-order valence-electron chi connectivity index (χ4n) is 3.76. The van der Waals surface area contributed by atoms with E-state index in [0.717, 1.165) is 11.3 Å². The highest BCUT2D eigenvalue weighted by atomic mass is 16.7. The van der Waals surface area contributed by atoms with Crippen molar-refractivity contribution in [2.75, 3.05) is 6.79 Å². The van der Waals surface area contributed by atoms with Gasteiger partial charge in [-0.2, -0.15) is 5.10 Å². The highest BCUT2D eigenvalue weighted by molar-refractivity contribution is 5.65. The fourth-order valence-corrected chi connectivity index (χ4v) is 3.76. The molecule has 158 valence electrons. The Hall–Kier alpha value is -3.58. The smallest absolute Gasteiger partial charge is 0.276 e. The van der Waals surface area contributed by atoms with Gasteiger partial charge >= 0.3 is 0 Å². The van der Waals surface area contributed by atoms with Gasteiger partial charge in [-0.1, -0.05) is 44.2 Å². The van der Waals surface area contributed by atoms with Gasteiger partial charge in [0, 0.05) is 18.0 Å². The Bertz CT molecular complexity index is 1300. The fraction of sp³-hybridized carbons (Fsp3) is 0.250. The molecule has 4 aromatic rings. The normalized spacial score (nSPS) is 13.8. The predicted octanol–water partition coefficient (Wildman–Crippen LogP) is 3.75. The van der Waals surface area contributed by atoms with Crippen LogP contribution in [-0.2, 0) is 6.54 Å². The van der Waals surface area contributed by atoms with Crippen molar-refractivity contribution in [2.45, 2.75) is 32.4 Å². The summed E-state index contributed by atoms with van der Waals surface area (Å²) in [6, 6.07) is 15.3. The van der Waals surface area contributed by atoms with Gasteiger partial charge in [-0.25, -0.2) is 4.52 Å². The van der Waals surface area contributed by atoms with Crippen LogP contribution in [-0.4, -0.2) is 26.1 Å². The summed E-state index contributed by atoms with van der Waals surface area (Å²) in [5.74, 6) is 1.71. The van der Waals surface area contributed by atoms with E-state index in [1.54, 1.807) is 41.2 Å². The molecule has 31 heavy (non-hydrogen) atoms. The molecule has 2 aromatic carbocycles. The summed E-state index contributed by atoms with van der Waals surface area (Å²) in [6.07, 6.45) is 2.51. The largest absolute Gasteiger partial charge is 0.454 e. The second-order valence-corrected chi connectivity index (χ2v) is 8.02. The van der Waals surface area contributed by atoms with E-state index in [1.807, 2.05) is 12.1 Å². The van der Waals surface area contributed by atoms with Crippen LogP contribution in [0.4, 0.5) is 0 Å². The Morgan fingerprint density at radius 2 is 1.74 bits per heavy atom. The molecular weight excluding hydrogens is 394 g/mol. The molecule has 7 heteroatoms. The van der Waals surface area contributed by atoms with E-state index in [-0.39, 0.29) is 18.9 Å². The van der Waals surface area contributed by atoms with Gasteiger partial charge in [0.05, 0.1) is 18.3 Å². The summed E-state index contributed by atoms with van der Waals surface area (Å²) in [7, 11) is 0. The van der Waals surface area contributed by atoms with Gasteiger partial charge in [0.15, 0.2) is 11.5 Å². The number of hydrogen-bond acceptors (Lipinski definition) is 5. The second kappa shape index (κ2) is 7.59. The first-order valence-electron chi connectivity index (χ1n) is 10.3. The van der Waals surface area contributed by atoms with E-state index in [4.69, 9.17) is 9.47 Å². The van der Waals surface area contributed by atoms with Crippen LogP contribution in [0.5, 0.6) is 11.5 Å². The molecule has 0 aliphatic carbocycles. The molecule has 2 aromatic heterocycles. The number of aliphatic hydroxyl groups is 1. The lowest BCUT2D eigenvalue weighted by Crippen LogP contribution is -2.24. The SMILES string of the molecule is CC(C)c1ccc(-c2cc3c(=O)n(CC(O)c4ccc5c(c4)OCO5)ccn3n2)cc1. The predicted molar refractivity (Wildman–Crippen MR) is 117 cm³/mol. The molecule has 0 spiro atoms. The van der Waals surface area contributed by atoms with Gasteiger partial charge in [-0.3, -0.25) is 4.79 Å². The molecule has 3 heterocycles. The maximum absolute atomic E-state index is 13.0. The summed E-state index contributed by atoms with van der Waals surface area (Å²) in [6.45, 7) is 4.61. The van der Waals surface area contributed by atoms with Crippen LogP contribution < -0.4 is 15.0 Å². The molecule has 1 aliphatic heterocycles. The van der Waals surface area contributed by atoms with Crippen molar-refractivity contribution in [1.29, 1.82) is 0 Å². The van der Waals surface area contributed by atoms with Crippen molar-refractivity contribution in [3.05, 3.63) is 82.4 Å². The summed E-state index contributed by atoms with van der Waals surface area (Å²) in [5.41, 5.74) is 3.87. The van der Waals surface area contributed by atoms with Gasteiger partial charge in [0.25, 0.3) is 5.56 Å². The first-order chi connectivity index (χ1) is 15.0. The maximum Gasteiger partial charge on any atom is 0.276 e. The molecule has 0 bridgehead atoms.